The molecule has 3 heteroatoms. The van der Waals surface area contributed by atoms with E-state index in [0.29, 0.717) is 5.69 Å². The normalized spacial score (nSPS) is 11.1. The van der Waals surface area contributed by atoms with E-state index in [1.807, 2.05) is 53.8 Å². The van der Waals surface area contributed by atoms with Gasteiger partial charge in [0, 0.05) is 31.3 Å². The Labute approximate surface area is 231 Å². The van der Waals surface area contributed by atoms with Gasteiger partial charge in [0.15, 0.2) is 5.69 Å². The van der Waals surface area contributed by atoms with Crippen molar-refractivity contribution in [1.82, 2.24) is 4.98 Å². The van der Waals surface area contributed by atoms with Crippen LogP contribution in [0.1, 0.15) is 0 Å². The third-order valence-corrected chi connectivity index (χ3v) is 8.43. The lowest BCUT2D eigenvalue weighted by atomic mass is 9.99. The summed E-state index contributed by atoms with van der Waals surface area (Å²) in [4.78, 5) is 8.47. The molecule has 39 heavy (non-hydrogen) atoms. The zero-order chi connectivity index (χ0) is 26.2. The first-order chi connectivity index (χ1) is 19.3. The number of rotatable bonds is 4. The zero-order valence-corrected chi connectivity index (χ0v) is 21.8. The average molecular weight is 515 g/mol. The first kappa shape index (κ1) is 23.1. The zero-order valence-electron chi connectivity index (χ0n) is 21.0. The van der Waals surface area contributed by atoms with Gasteiger partial charge in [-0.25, -0.2) is 9.83 Å². The first-order valence-electron chi connectivity index (χ1n) is 12.8. The number of thiophene rings is 1. The lowest BCUT2D eigenvalue weighted by Gasteiger charge is -2.07. The summed E-state index contributed by atoms with van der Waals surface area (Å²) in [7, 11) is 0. The van der Waals surface area contributed by atoms with Gasteiger partial charge in [0.1, 0.15) is 0 Å². The van der Waals surface area contributed by atoms with E-state index in [2.05, 4.69) is 95.8 Å². The van der Waals surface area contributed by atoms with Crippen LogP contribution in [-0.2, 0) is 0 Å². The maximum Gasteiger partial charge on any atom is 0.187 e. The van der Waals surface area contributed by atoms with E-state index in [4.69, 9.17) is 11.6 Å². The molecule has 0 atom stereocenters. The summed E-state index contributed by atoms with van der Waals surface area (Å²) in [6.07, 6.45) is 0. The summed E-state index contributed by atoms with van der Waals surface area (Å²) in [5.74, 6) is 0. The lowest BCUT2D eigenvalue weighted by molar-refractivity contribution is 1.32. The minimum Gasteiger partial charge on any atom is -0.248 e. The average Bonchev–Trinajstić information content (AvgIpc) is 3.41. The van der Waals surface area contributed by atoms with Gasteiger partial charge in [0.05, 0.1) is 18.0 Å². The molecule has 0 bridgehead atoms. The van der Waals surface area contributed by atoms with Crippen LogP contribution < -0.4 is 0 Å². The molecule has 7 rings (SSSR count). The molecule has 0 spiro atoms. The fourth-order valence-corrected chi connectivity index (χ4v) is 6.55. The molecule has 0 aliphatic rings. The Morgan fingerprint density at radius 1 is 0.462 bits per heavy atom. The molecule has 0 saturated carbocycles. The van der Waals surface area contributed by atoms with E-state index in [1.165, 1.54) is 36.9 Å². The van der Waals surface area contributed by atoms with Gasteiger partial charge in [-0.3, -0.25) is 0 Å². The molecule has 0 N–H and O–H groups in total. The third-order valence-electron chi connectivity index (χ3n) is 7.14. The van der Waals surface area contributed by atoms with Crippen LogP contribution in [0, 0.1) is 6.57 Å². The van der Waals surface area contributed by atoms with E-state index in [-0.39, 0.29) is 0 Å². The van der Waals surface area contributed by atoms with Gasteiger partial charge in [-0.2, -0.15) is 0 Å². The molecule has 0 unspecified atom stereocenters. The van der Waals surface area contributed by atoms with Gasteiger partial charge in [-0.15, -0.1) is 11.3 Å². The van der Waals surface area contributed by atoms with Crippen molar-refractivity contribution in [2.45, 2.75) is 0 Å². The SMILES string of the molecule is [C-]#[N+]c1ccc(-c2cccc3c2sc2c(-c4ccc(-c5cccc(-c6ccccc6)n5)cc4)cccc23)cc1. The highest BCUT2D eigenvalue weighted by Crippen LogP contribution is 2.44. The van der Waals surface area contributed by atoms with Crippen LogP contribution >= 0.6 is 11.3 Å². The fourth-order valence-electron chi connectivity index (χ4n) is 5.18. The number of pyridine rings is 1. The molecule has 0 amide bonds. The van der Waals surface area contributed by atoms with Crippen molar-refractivity contribution in [3.63, 3.8) is 0 Å². The minimum absolute atomic E-state index is 0.662. The number of hydrogen-bond donors (Lipinski definition) is 0. The molecule has 0 fully saturated rings. The number of hydrogen-bond acceptors (Lipinski definition) is 2. The highest BCUT2D eigenvalue weighted by Gasteiger charge is 2.14. The lowest BCUT2D eigenvalue weighted by Crippen LogP contribution is -1.88. The minimum atomic E-state index is 0.662. The molecule has 2 heterocycles. The van der Waals surface area contributed by atoms with E-state index in [1.54, 1.807) is 0 Å². The summed E-state index contributed by atoms with van der Waals surface area (Å²) in [5, 5.41) is 2.54. The number of aromatic nitrogens is 1. The largest absolute Gasteiger partial charge is 0.248 e. The van der Waals surface area contributed by atoms with Crippen LogP contribution in [0.5, 0.6) is 0 Å². The summed E-state index contributed by atoms with van der Waals surface area (Å²) >= 11 is 1.84. The van der Waals surface area contributed by atoms with Crippen molar-refractivity contribution in [2.24, 2.45) is 0 Å². The Kier molecular flexibility index (Phi) is 5.74. The summed E-state index contributed by atoms with van der Waals surface area (Å²) in [6, 6.07) is 46.2. The van der Waals surface area contributed by atoms with Gasteiger partial charge in [0.25, 0.3) is 0 Å². The molecule has 2 aromatic heterocycles. The number of benzene rings is 5. The van der Waals surface area contributed by atoms with Gasteiger partial charge in [0.2, 0.25) is 0 Å². The standard InChI is InChI=1S/C36H22N2S/c1-37-28-22-20-25(21-23-28)30-11-6-13-32-31-12-5-10-29(35(31)39-36(30)32)24-16-18-27(19-17-24)34-15-7-14-33(38-34)26-8-3-2-4-9-26/h2-23H. The predicted molar refractivity (Wildman–Crippen MR) is 165 cm³/mol. The van der Waals surface area contributed by atoms with Crippen molar-refractivity contribution in [3.05, 3.63) is 145 Å². The topological polar surface area (TPSA) is 17.2 Å². The van der Waals surface area contributed by atoms with Crippen LogP contribution in [-0.4, -0.2) is 4.98 Å². The fraction of sp³-hybridized carbons (Fsp3) is 0. The number of nitrogens with zero attached hydrogens (tertiary/aromatic N) is 2. The van der Waals surface area contributed by atoms with Gasteiger partial charge < -0.3 is 0 Å². The monoisotopic (exact) mass is 514 g/mol. The van der Waals surface area contributed by atoms with E-state index in [0.717, 1.165) is 28.1 Å². The molecule has 0 aliphatic carbocycles. The molecule has 2 nitrogen and oxygen atoms in total. The van der Waals surface area contributed by atoms with Crippen LogP contribution in [0.15, 0.2) is 133 Å². The van der Waals surface area contributed by atoms with Gasteiger partial charge in [-0.1, -0.05) is 121 Å². The van der Waals surface area contributed by atoms with Crippen LogP contribution in [0.25, 0.3) is 69.8 Å². The van der Waals surface area contributed by atoms with Crippen molar-refractivity contribution in [1.29, 1.82) is 0 Å². The smallest absolute Gasteiger partial charge is 0.187 e. The summed E-state index contributed by atoms with van der Waals surface area (Å²) < 4.78 is 2.56. The summed E-state index contributed by atoms with van der Waals surface area (Å²) in [5.41, 5.74) is 9.60. The Bertz CT molecular complexity index is 2000. The van der Waals surface area contributed by atoms with Gasteiger partial charge >= 0.3 is 0 Å². The van der Waals surface area contributed by atoms with Crippen LogP contribution in [0.3, 0.4) is 0 Å². The highest BCUT2D eigenvalue weighted by atomic mass is 32.1. The second-order valence-corrected chi connectivity index (χ2v) is 10.5. The van der Waals surface area contributed by atoms with E-state index < -0.39 is 0 Å². The van der Waals surface area contributed by atoms with Crippen molar-refractivity contribution >= 4 is 37.2 Å². The molecular formula is C36H22N2S. The maximum absolute atomic E-state index is 7.26. The second kappa shape index (κ2) is 9.68. The molecule has 0 saturated heterocycles. The van der Waals surface area contributed by atoms with E-state index in [9.17, 15) is 0 Å². The summed E-state index contributed by atoms with van der Waals surface area (Å²) in [6.45, 7) is 7.26. The maximum atomic E-state index is 7.26. The Morgan fingerprint density at radius 2 is 0.949 bits per heavy atom. The predicted octanol–water partition coefficient (Wildman–Crippen LogP) is 10.7. The van der Waals surface area contributed by atoms with Crippen LogP contribution in [0.2, 0.25) is 0 Å². The molecular weight excluding hydrogens is 492 g/mol. The van der Waals surface area contributed by atoms with Crippen molar-refractivity contribution < 1.29 is 0 Å². The highest BCUT2D eigenvalue weighted by molar-refractivity contribution is 7.26. The number of fused-ring (bicyclic) bond motifs is 3. The van der Waals surface area contributed by atoms with Gasteiger partial charge in [-0.05, 0) is 34.4 Å². The first-order valence-corrected chi connectivity index (χ1v) is 13.7. The Balaban J connectivity index is 1.29. The Hall–Kier alpha value is -5.04. The Morgan fingerprint density at radius 3 is 1.51 bits per heavy atom. The van der Waals surface area contributed by atoms with Crippen molar-refractivity contribution in [3.8, 4) is 44.8 Å². The third kappa shape index (κ3) is 4.18. The molecule has 0 aliphatic heterocycles. The molecule has 182 valence electrons. The van der Waals surface area contributed by atoms with E-state index >= 15 is 0 Å². The van der Waals surface area contributed by atoms with Crippen molar-refractivity contribution in [2.75, 3.05) is 0 Å². The molecule has 5 aromatic carbocycles. The quantitative estimate of drug-likeness (QED) is 0.214. The van der Waals surface area contributed by atoms with Crippen LogP contribution in [0.4, 0.5) is 5.69 Å². The molecule has 0 radical (unpaired) electrons. The second-order valence-electron chi connectivity index (χ2n) is 9.48. The molecule has 7 aromatic rings.